The zero-order chi connectivity index (χ0) is 14.2. The molecule has 0 spiro atoms. The molecule has 3 aromatic heterocycles. The molecular weight excluding hydrogens is 266 g/mol. The molecule has 2 N–H and O–H groups in total. The molecule has 0 aliphatic carbocycles. The monoisotopic (exact) mass is 277 g/mol. The van der Waals surface area contributed by atoms with E-state index >= 15 is 0 Å². The molecule has 0 saturated carbocycles. The van der Waals surface area contributed by atoms with Crippen molar-refractivity contribution in [1.29, 1.82) is 0 Å². The number of hydrogen-bond acceptors (Lipinski definition) is 3. The first-order valence-electron chi connectivity index (χ1n) is 6.47. The van der Waals surface area contributed by atoms with Gasteiger partial charge >= 0.3 is 0 Å². The van der Waals surface area contributed by atoms with Crippen LogP contribution in [0.1, 0.15) is 10.4 Å². The number of nitrogens with one attached hydrogen (secondary N) is 2. The van der Waals surface area contributed by atoms with Crippen molar-refractivity contribution >= 4 is 28.1 Å². The molecule has 4 rings (SSSR count). The number of carbonyl (C=O) groups excluding carboxylic acids is 1. The van der Waals surface area contributed by atoms with Gasteiger partial charge in [-0.3, -0.25) is 4.79 Å². The van der Waals surface area contributed by atoms with E-state index in [-0.39, 0.29) is 5.91 Å². The summed E-state index contributed by atoms with van der Waals surface area (Å²) in [5, 5.41) is 7.00. The molecule has 0 aliphatic rings. The quantitative estimate of drug-likeness (QED) is 0.591. The average Bonchev–Trinajstić information content (AvgIpc) is 3.14. The second-order valence-electron chi connectivity index (χ2n) is 4.70. The number of H-pyrrole nitrogens is 1. The molecule has 0 saturated heterocycles. The Morgan fingerprint density at radius 3 is 3.10 bits per heavy atom. The highest BCUT2D eigenvalue weighted by molar-refractivity contribution is 6.06. The Morgan fingerprint density at radius 2 is 2.14 bits per heavy atom. The van der Waals surface area contributed by atoms with E-state index in [4.69, 9.17) is 0 Å². The highest BCUT2D eigenvalue weighted by Crippen LogP contribution is 2.15. The summed E-state index contributed by atoms with van der Waals surface area (Å²) in [6, 6.07) is 10.9. The molecule has 4 aromatic rings. The van der Waals surface area contributed by atoms with Gasteiger partial charge in [0.2, 0.25) is 0 Å². The topological polar surface area (TPSA) is 75.1 Å². The van der Waals surface area contributed by atoms with Crippen LogP contribution in [0.4, 0.5) is 5.69 Å². The summed E-state index contributed by atoms with van der Waals surface area (Å²) in [4.78, 5) is 19.4. The van der Waals surface area contributed by atoms with Crippen molar-refractivity contribution in [2.45, 2.75) is 0 Å². The lowest BCUT2D eigenvalue weighted by Crippen LogP contribution is -2.11. The van der Waals surface area contributed by atoms with E-state index in [9.17, 15) is 4.79 Å². The Labute approximate surface area is 119 Å². The number of pyridine rings is 1. The van der Waals surface area contributed by atoms with Gasteiger partial charge in [0.1, 0.15) is 0 Å². The van der Waals surface area contributed by atoms with E-state index in [0.29, 0.717) is 5.56 Å². The fraction of sp³-hybridized carbons (Fsp3) is 0. The van der Waals surface area contributed by atoms with Crippen molar-refractivity contribution in [1.82, 2.24) is 19.6 Å². The van der Waals surface area contributed by atoms with Gasteiger partial charge in [-0.25, -0.2) is 9.50 Å². The minimum absolute atomic E-state index is 0.157. The fourth-order valence-electron chi connectivity index (χ4n) is 2.28. The molecule has 102 valence electrons. The summed E-state index contributed by atoms with van der Waals surface area (Å²) in [6.45, 7) is 0. The lowest BCUT2D eigenvalue weighted by Gasteiger charge is -2.05. The van der Waals surface area contributed by atoms with Crippen molar-refractivity contribution < 1.29 is 4.79 Å². The SMILES string of the molecule is O=C(Nc1ccn2nccc2c1)c1ccc2nc[nH]c2c1. The summed E-state index contributed by atoms with van der Waals surface area (Å²) < 4.78 is 1.74. The van der Waals surface area contributed by atoms with E-state index in [1.807, 2.05) is 30.5 Å². The summed E-state index contributed by atoms with van der Waals surface area (Å²) >= 11 is 0. The van der Waals surface area contributed by atoms with Crippen LogP contribution in [0.5, 0.6) is 0 Å². The number of imidazole rings is 1. The van der Waals surface area contributed by atoms with Gasteiger partial charge in [0.15, 0.2) is 0 Å². The number of aromatic amines is 1. The molecule has 0 aliphatic heterocycles. The van der Waals surface area contributed by atoms with Crippen molar-refractivity contribution in [2.24, 2.45) is 0 Å². The van der Waals surface area contributed by atoms with Crippen LogP contribution in [0.25, 0.3) is 16.6 Å². The molecule has 21 heavy (non-hydrogen) atoms. The minimum Gasteiger partial charge on any atom is -0.345 e. The van der Waals surface area contributed by atoms with Gasteiger partial charge < -0.3 is 10.3 Å². The molecule has 1 aromatic carbocycles. The Kier molecular flexibility index (Phi) is 2.47. The van der Waals surface area contributed by atoms with E-state index in [1.165, 1.54) is 0 Å². The van der Waals surface area contributed by atoms with E-state index in [0.717, 1.165) is 22.2 Å². The average molecular weight is 277 g/mol. The number of hydrogen-bond donors (Lipinski definition) is 2. The summed E-state index contributed by atoms with van der Waals surface area (Å²) in [6.07, 6.45) is 5.13. The van der Waals surface area contributed by atoms with Gasteiger partial charge in [0.05, 0.1) is 22.9 Å². The normalized spacial score (nSPS) is 11.0. The Hall–Kier alpha value is -3.15. The van der Waals surface area contributed by atoms with Crippen LogP contribution in [-0.4, -0.2) is 25.5 Å². The predicted octanol–water partition coefficient (Wildman–Crippen LogP) is 2.46. The lowest BCUT2D eigenvalue weighted by atomic mass is 10.2. The van der Waals surface area contributed by atoms with Crippen LogP contribution in [0.3, 0.4) is 0 Å². The second kappa shape index (κ2) is 4.45. The minimum atomic E-state index is -0.157. The molecule has 6 nitrogen and oxygen atoms in total. The number of amides is 1. The standard InChI is InChI=1S/C15H11N5O/c21-15(10-1-2-13-14(7-10)17-9-16-13)19-11-4-6-20-12(8-11)3-5-18-20/h1-9H,(H,16,17)(H,19,21). The number of aromatic nitrogens is 4. The predicted molar refractivity (Wildman–Crippen MR) is 79.2 cm³/mol. The van der Waals surface area contributed by atoms with Gasteiger partial charge in [-0.2, -0.15) is 5.10 Å². The largest absolute Gasteiger partial charge is 0.345 e. The molecular formula is C15H11N5O. The molecule has 6 heteroatoms. The maximum atomic E-state index is 12.3. The number of benzene rings is 1. The van der Waals surface area contributed by atoms with Gasteiger partial charge in [0.25, 0.3) is 5.91 Å². The second-order valence-corrected chi connectivity index (χ2v) is 4.70. The van der Waals surface area contributed by atoms with Crippen molar-refractivity contribution in [3.05, 3.63) is 60.7 Å². The summed E-state index contributed by atoms with van der Waals surface area (Å²) in [7, 11) is 0. The fourth-order valence-corrected chi connectivity index (χ4v) is 2.28. The molecule has 0 unspecified atom stereocenters. The number of fused-ring (bicyclic) bond motifs is 2. The van der Waals surface area contributed by atoms with Gasteiger partial charge in [-0.15, -0.1) is 0 Å². The van der Waals surface area contributed by atoms with Crippen LogP contribution >= 0.6 is 0 Å². The van der Waals surface area contributed by atoms with Gasteiger partial charge in [0, 0.05) is 23.6 Å². The third kappa shape index (κ3) is 2.02. The zero-order valence-electron chi connectivity index (χ0n) is 10.9. The maximum Gasteiger partial charge on any atom is 0.255 e. The molecule has 0 atom stereocenters. The number of rotatable bonds is 2. The Balaban J connectivity index is 1.64. The highest BCUT2D eigenvalue weighted by atomic mass is 16.1. The first-order valence-corrected chi connectivity index (χ1v) is 6.47. The van der Waals surface area contributed by atoms with Crippen molar-refractivity contribution in [3.63, 3.8) is 0 Å². The Morgan fingerprint density at radius 1 is 1.19 bits per heavy atom. The first-order chi connectivity index (χ1) is 10.3. The maximum absolute atomic E-state index is 12.3. The smallest absolute Gasteiger partial charge is 0.255 e. The first kappa shape index (κ1) is 11.7. The molecule has 0 radical (unpaired) electrons. The van der Waals surface area contributed by atoms with Crippen LogP contribution in [0, 0.1) is 0 Å². The van der Waals surface area contributed by atoms with E-state index in [2.05, 4.69) is 20.4 Å². The van der Waals surface area contributed by atoms with Crippen molar-refractivity contribution in [3.8, 4) is 0 Å². The number of anilines is 1. The third-order valence-electron chi connectivity index (χ3n) is 3.34. The zero-order valence-corrected chi connectivity index (χ0v) is 10.9. The van der Waals surface area contributed by atoms with Gasteiger partial charge in [-0.05, 0) is 36.4 Å². The third-order valence-corrected chi connectivity index (χ3v) is 3.34. The van der Waals surface area contributed by atoms with E-state index < -0.39 is 0 Å². The van der Waals surface area contributed by atoms with Crippen LogP contribution < -0.4 is 5.32 Å². The van der Waals surface area contributed by atoms with Crippen molar-refractivity contribution in [2.75, 3.05) is 5.32 Å². The van der Waals surface area contributed by atoms with Crippen LogP contribution in [-0.2, 0) is 0 Å². The van der Waals surface area contributed by atoms with E-state index in [1.54, 1.807) is 29.2 Å². The Bertz CT molecular complexity index is 953. The summed E-state index contributed by atoms with van der Waals surface area (Å²) in [5.41, 5.74) is 3.93. The molecule has 0 bridgehead atoms. The number of carbonyl (C=O) groups is 1. The molecule has 1 amide bonds. The molecule has 0 fully saturated rings. The van der Waals surface area contributed by atoms with Crippen LogP contribution in [0.15, 0.2) is 55.1 Å². The number of nitrogens with zero attached hydrogens (tertiary/aromatic N) is 3. The van der Waals surface area contributed by atoms with Crippen LogP contribution in [0.2, 0.25) is 0 Å². The van der Waals surface area contributed by atoms with Gasteiger partial charge in [-0.1, -0.05) is 0 Å². The molecule has 3 heterocycles. The summed E-state index contributed by atoms with van der Waals surface area (Å²) in [5.74, 6) is -0.157. The highest BCUT2D eigenvalue weighted by Gasteiger charge is 2.08. The lowest BCUT2D eigenvalue weighted by molar-refractivity contribution is 0.102.